The third-order valence-electron chi connectivity index (χ3n) is 4.64. The molecular weight excluding hydrogens is 518 g/mol. The molecule has 2 rings (SSSR count). The minimum atomic E-state index is -3.78. The molecule has 0 heterocycles. The molecule has 0 aliphatic heterocycles. The number of amides is 2. The van der Waals surface area contributed by atoms with Gasteiger partial charge in [0.25, 0.3) is 0 Å². The summed E-state index contributed by atoms with van der Waals surface area (Å²) in [5.41, 5.74) is 1.06. The standard InChI is InChI=1S/C22H27BrClN3O4S/c1-15(2)25-22(29)16(3)26(13-17-8-7-9-18(24)12-17)21(28)14-27(32(4,30)31)20-11-6-5-10-19(20)23/h5-12,15-16H,13-14H2,1-4H3,(H,25,29)/t16-/m0/s1. The van der Waals surface area contributed by atoms with E-state index in [-0.39, 0.29) is 18.5 Å². The average molecular weight is 545 g/mol. The Morgan fingerprint density at radius 1 is 1.09 bits per heavy atom. The van der Waals surface area contributed by atoms with E-state index in [0.717, 1.165) is 16.1 Å². The highest BCUT2D eigenvalue weighted by atomic mass is 79.9. The lowest BCUT2D eigenvalue weighted by Crippen LogP contribution is -2.52. The van der Waals surface area contributed by atoms with Crippen LogP contribution in [0.15, 0.2) is 53.0 Å². The molecule has 32 heavy (non-hydrogen) atoms. The van der Waals surface area contributed by atoms with E-state index in [2.05, 4.69) is 21.2 Å². The van der Waals surface area contributed by atoms with Gasteiger partial charge in [0.1, 0.15) is 12.6 Å². The van der Waals surface area contributed by atoms with E-state index in [1.54, 1.807) is 55.5 Å². The third-order valence-corrected chi connectivity index (χ3v) is 6.67. The largest absolute Gasteiger partial charge is 0.352 e. The van der Waals surface area contributed by atoms with E-state index in [1.807, 2.05) is 13.8 Å². The van der Waals surface area contributed by atoms with Crippen LogP contribution >= 0.6 is 27.5 Å². The molecule has 1 N–H and O–H groups in total. The fraction of sp³-hybridized carbons (Fsp3) is 0.364. The molecule has 2 aromatic carbocycles. The molecule has 2 amide bonds. The second-order valence-electron chi connectivity index (χ2n) is 7.71. The van der Waals surface area contributed by atoms with Crippen LogP contribution < -0.4 is 9.62 Å². The lowest BCUT2D eigenvalue weighted by molar-refractivity contribution is -0.139. The number of benzene rings is 2. The Kier molecular flexibility index (Phi) is 9.12. The zero-order valence-corrected chi connectivity index (χ0v) is 21.5. The monoisotopic (exact) mass is 543 g/mol. The Labute approximate surface area is 202 Å². The van der Waals surface area contributed by atoms with E-state index in [4.69, 9.17) is 11.6 Å². The second-order valence-corrected chi connectivity index (χ2v) is 10.9. The summed E-state index contributed by atoms with van der Waals surface area (Å²) < 4.78 is 26.6. The van der Waals surface area contributed by atoms with Crippen molar-refractivity contribution in [1.29, 1.82) is 0 Å². The van der Waals surface area contributed by atoms with Crippen molar-refractivity contribution in [2.24, 2.45) is 0 Å². The number of nitrogens with one attached hydrogen (secondary N) is 1. The molecular formula is C22H27BrClN3O4S. The maximum Gasteiger partial charge on any atom is 0.244 e. The summed E-state index contributed by atoms with van der Waals surface area (Å²) in [5, 5.41) is 3.30. The van der Waals surface area contributed by atoms with Gasteiger partial charge in [0.15, 0.2) is 0 Å². The van der Waals surface area contributed by atoms with Crippen molar-refractivity contribution in [2.45, 2.75) is 39.4 Å². The van der Waals surface area contributed by atoms with E-state index >= 15 is 0 Å². The average Bonchev–Trinajstić information content (AvgIpc) is 2.69. The molecule has 0 aliphatic carbocycles. The van der Waals surface area contributed by atoms with Crippen LogP contribution in [0.5, 0.6) is 0 Å². The second kappa shape index (κ2) is 11.2. The Bertz CT molecular complexity index is 1080. The summed E-state index contributed by atoms with van der Waals surface area (Å²) in [6.07, 6.45) is 1.04. The number of anilines is 1. The molecule has 1 atom stereocenters. The van der Waals surface area contributed by atoms with Gasteiger partial charge in [0, 0.05) is 22.1 Å². The smallest absolute Gasteiger partial charge is 0.244 e. The number of rotatable bonds is 9. The van der Waals surface area contributed by atoms with Crippen LogP contribution in [0.25, 0.3) is 0 Å². The van der Waals surface area contributed by atoms with Crippen molar-refractivity contribution < 1.29 is 18.0 Å². The topological polar surface area (TPSA) is 86.8 Å². The van der Waals surface area contributed by atoms with Crippen LogP contribution in [0, 0.1) is 0 Å². The van der Waals surface area contributed by atoms with Crippen molar-refractivity contribution in [3.63, 3.8) is 0 Å². The van der Waals surface area contributed by atoms with Gasteiger partial charge in [-0.05, 0) is 66.5 Å². The van der Waals surface area contributed by atoms with E-state index < -0.39 is 28.5 Å². The summed E-state index contributed by atoms with van der Waals surface area (Å²) in [4.78, 5) is 27.4. The third kappa shape index (κ3) is 7.21. The van der Waals surface area contributed by atoms with Gasteiger partial charge in [-0.2, -0.15) is 0 Å². The highest BCUT2D eigenvalue weighted by Crippen LogP contribution is 2.28. The lowest BCUT2D eigenvalue weighted by atomic mass is 10.1. The summed E-state index contributed by atoms with van der Waals surface area (Å²) in [7, 11) is -3.78. The molecule has 0 unspecified atom stereocenters. The van der Waals surface area contributed by atoms with Gasteiger partial charge in [-0.1, -0.05) is 35.9 Å². The fourth-order valence-corrected chi connectivity index (χ4v) is 4.76. The first-order valence-corrected chi connectivity index (χ1v) is 13.0. The van der Waals surface area contributed by atoms with Crippen LogP contribution in [0.2, 0.25) is 5.02 Å². The van der Waals surface area contributed by atoms with Gasteiger partial charge >= 0.3 is 0 Å². The Balaban J connectivity index is 2.40. The minimum Gasteiger partial charge on any atom is -0.352 e. The van der Waals surface area contributed by atoms with Gasteiger partial charge in [-0.25, -0.2) is 8.42 Å². The van der Waals surface area contributed by atoms with Crippen LogP contribution in [-0.2, 0) is 26.2 Å². The number of nitrogens with zero attached hydrogens (tertiary/aromatic N) is 2. The SMILES string of the molecule is CC(C)NC(=O)[C@H](C)N(Cc1cccc(Cl)c1)C(=O)CN(c1ccccc1Br)S(C)(=O)=O. The fourth-order valence-electron chi connectivity index (χ4n) is 3.07. The summed E-state index contributed by atoms with van der Waals surface area (Å²) in [6, 6.07) is 12.8. The van der Waals surface area contributed by atoms with Gasteiger partial charge in [0.05, 0.1) is 11.9 Å². The van der Waals surface area contributed by atoms with Crippen molar-refractivity contribution in [2.75, 3.05) is 17.1 Å². The highest BCUT2D eigenvalue weighted by molar-refractivity contribution is 9.10. The predicted molar refractivity (Wildman–Crippen MR) is 131 cm³/mol. The molecule has 10 heteroatoms. The van der Waals surface area contributed by atoms with Crippen molar-refractivity contribution in [3.05, 3.63) is 63.6 Å². The number of sulfonamides is 1. The minimum absolute atomic E-state index is 0.0969. The van der Waals surface area contributed by atoms with Crippen molar-refractivity contribution in [1.82, 2.24) is 10.2 Å². The first kappa shape index (κ1) is 26.2. The Morgan fingerprint density at radius 3 is 2.31 bits per heavy atom. The van der Waals surface area contributed by atoms with Gasteiger partial charge in [-0.3, -0.25) is 13.9 Å². The normalized spacial score (nSPS) is 12.3. The molecule has 0 radical (unpaired) electrons. The summed E-state index contributed by atoms with van der Waals surface area (Å²) in [6.45, 7) is 4.91. The molecule has 2 aromatic rings. The number of para-hydroxylation sites is 1. The summed E-state index contributed by atoms with van der Waals surface area (Å²) in [5.74, 6) is -0.847. The van der Waals surface area contributed by atoms with E-state index in [9.17, 15) is 18.0 Å². The first-order chi connectivity index (χ1) is 14.9. The molecule has 0 bridgehead atoms. The number of hydrogen-bond donors (Lipinski definition) is 1. The molecule has 174 valence electrons. The molecule has 0 fully saturated rings. The zero-order valence-electron chi connectivity index (χ0n) is 18.4. The highest BCUT2D eigenvalue weighted by Gasteiger charge is 2.30. The molecule has 0 saturated heterocycles. The van der Waals surface area contributed by atoms with Crippen LogP contribution in [0.4, 0.5) is 5.69 Å². The quantitative estimate of drug-likeness (QED) is 0.520. The van der Waals surface area contributed by atoms with Gasteiger partial charge in [-0.15, -0.1) is 0 Å². The van der Waals surface area contributed by atoms with Crippen molar-refractivity contribution in [3.8, 4) is 0 Å². The number of halogens is 2. The molecule has 0 aromatic heterocycles. The summed E-state index contributed by atoms with van der Waals surface area (Å²) >= 11 is 9.43. The number of carbonyl (C=O) groups is 2. The van der Waals surface area contributed by atoms with Gasteiger partial charge in [0.2, 0.25) is 21.8 Å². The molecule has 0 aliphatic rings. The number of carbonyl (C=O) groups excluding carboxylic acids is 2. The molecule has 0 saturated carbocycles. The van der Waals surface area contributed by atoms with Crippen LogP contribution in [0.1, 0.15) is 26.3 Å². The number of hydrogen-bond acceptors (Lipinski definition) is 4. The maximum atomic E-state index is 13.4. The zero-order chi connectivity index (χ0) is 24.1. The van der Waals surface area contributed by atoms with Crippen LogP contribution in [0.3, 0.4) is 0 Å². The Morgan fingerprint density at radius 2 is 1.75 bits per heavy atom. The van der Waals surface area contributed by atoms with Crippen LogP contribution in [-0.4, -0.2) is 50.0 Å². The molecule has 7 nitrogen and oxygen atoms in total. The maximum absolute atomic E-state index is 13.4. The van der Waals surface area contributed by atoms with E-state index in [1.165, 1.54) is 4.90 Å². The Hall–Kier alpha value is -2.10. The van der Waals surface area contributed by atoms with Gasteiger partial charge < -0.3 is 10.2 Å². The first-order valence-electron chi connectivity index (χ1n) is 9.96. The molecule has 0 spiro atoms. The predicted octanol–water partition coefficient (Wildman–Crippen LogP) is 3.81. The lowest BCUT2D eigenvalue weighted by Gasteiger charge is -2.32. The van der Waals surface area contributed by atoms with E-state index in [0.29, 0.717) is 15.2 Å². The van der Waals surface area contributed by atoms with Crippen molar-refractivity contribution >= 4 is 55.1 Å².